The molecule has 2 N–H and O–H groups in total. The molecule has 2 saturated heterocycles. The Bertz CT molecular complexity index is 987. The van der Waals surface area contributed by atoms with E-state index >= 15 is 0 Å². The van der Waals surface area contributed by atoms with E-state index in [1.54, 1.807) is 0 Å². The number of nitrogens with one attached hydrogen (secondary N) is 2. The minimum absolute atomic E-state index is 0.0321. The standard InChI is InChI=1S/C17H23FN6O3S2/c1-10-15(28-17(20-10)22-12-8-27-9-12)14-13(18)7-19-16(23-14)21-11-3-5-24(6-4-11)29(2,25)26/h7,11-12H,3-6,8-9H2,1-2H3,(H,20,22)(H,19,21,23). The number of hydrogen-bond donors (Lipinski definition) is 2. The molecule has 0 saturated carbocycles. The molecule has 2 aliphatic heterocycles. The molecule has 2 fully saturated rings. The minimum atomic E-state index is -3.17. The summed E-state index contributed by atoms with van der Waals surface area (Å²) in [7, 11) is -3.17. The van der Waals surface area contributed by atoms with Crippen LogP contribution in [0.2, 0.25) is 0 Å². The molecule has 158 valence electrons. The Hall–Kier alpha value is -1.89. The maximum absolute atomic E-state index is 14.5. The zero-order valence-electron chi connectivity index (χ0n) is 16.2. The van der Waals surface area contributed by atoms with E-state index in [9.17, 15) is 12.8 Å². The number of hydrogen-bond acceptors (Lipinski definition) is 9. The van der Waals surface area contributed by atoms with Crippen LogP contribution in [0.15, 0.2) is 6.20 Å². The summed E-state index contributed by atoms with van der Waals surface area (Å²) in [6.45, 7) is 3.99. The fourth-order valence-electron chi connectivity index (χ4n) is 3.28. The summed E-state index contributed by atoms with van der Waals surface area (Å²) in [5.74, 6) is -0.179. The van der Waals surface area contributed by atoms with Crippen molar-refractivity contribution < 1.29 is 17.5 Å². The van der Waals surface area contributed by atoms with E-state index in [1.807, 2.05) is 6.92 Å². The predicted molar refractivity (Wildman–Crippen MR) is 109 cm³/mol. The van der Waals surface area contributed by atoms with Crippen LogP contribution in [-0.2, 0) is 14.8 Å². The Morgan fingerprint density at radius 1 is 1.21 bits per heavy atom. The van der Waals surface area contributed by atoms with Crippen molar-refractivity contribution in [1.29, 1.82) is 0 Å². The summed E-state index contributed by atoms with van der Waals surface area (Å²) in [4.78, 5) is 13.6. The van der Waals surface area contributed by atoms with Crippen molar-refractivity contribution in [2.45, 2.75) is 31.8 Å². The van der Waals surface area contributed by atoms with E-state index in [4.69, 9.17) is 4.74 Å². The molecule has 4 rings (SSSR count). The van der Waals surface area contributed by atoms with Gasteiger partial charge in [0.2, 0.25) is 16.0 Å². The second-order valence-electron chi connectivity index (χ2n) is 7.28. The minimum Gasteiger partial charge on any atom is -0.377 e. The molecule has 29 heavy (non-hydrogen) atoms. The molecule has 0 amide bonds. The first kappa shape index (κ1) is 20.4. The Labute approximate surface area is 172 Å². The lowest BCUT2D eigenvalue weighted by Gasteiger charge is -2.30. The summed E-state index contributed by atoms with van der Waals surface area (Å²) in [6.07, 6.45) is 3.65. The zero-order chi connectivity index (χ0) is 20.6. The number of halogens is 1. The van der Waals surface area contributed by atoms with Crippen molar-refractivity contribution in [1.82, 2.24) is 19.3 Å². The van der Waals surface area contributed by atoms with Crippen LogP contribution in [0, 0.1) is 12.7 Å². The summed E-state index contributed by atoms with van der Waals surface area (Å²) < 4.78 is 44.3. The average Bonchev–Trinajstić information content (AvgIpc) is 3.00. The lowest BCUT2D eigenvalue weighted by atomic mass is 10.1. The fraction of sp³-hybridized carbons (Fsp3) is 0.588. The number of sulfonamides is 1. The second-order valence-corrected chi connectivity index (χ2v) is 10.3. The van der Waals surface area contributed by atoms with Crippen molar-refractivity contribution in [2.24, 2.45) is 0 Å². The van der Waals surface area contributed by atoms with Gasteiger partial charge in [0.1, 0.15) is 5.69 Å². The van der Waals surface area contributed by atoms with Gasteiger partial charge in [-0.25, -0.2) is 32.1 Å². The van der Waals surface area contributed by atoms with Crippen molar-refractivity contribution >= 4 is 32.4 Å². The molecule has 0 aromatic carbocycles. The highest BCUT2D eigenvalue weighted by atomic mass is 32.2. The number of rotatable bonds is 6. The molecule has 12 heteroatoms. The van der Waals surface area contributed by atoms with Gasteiger partial charge in [-0.2, -0.15) is 0 Å². The third-order valence-corrected chi connectivity index (χ3v) is 7.38. The molecule has 0 bridgehead atoms. The summed E-state index contributed by atoms with van der Waals surface area (Å²) in [5.41, 5.74) is 0.909. The van der Waals surface area contributed by atoms with E-state index in [0.717, 1.165) is 6.20 Å². The van der Waals surface area contributed by atoms with Crippen LogP contribution in [0.25, 0.3) is 10.6 Å². The van der Waals surface area contributed by atoms with Crippen LogP contribution < -0.4 is 10.6 Å². The number of thiazole rings is 1. The van der Waals surface area contributed by atoms with Gasteiger partial charge in [-0.05, 0) is 19.8 Å². The molecule has 0 spiro atoms. The van der Waals surface area contributed by atoms with E-state index < -0.39 is 15.8 Å². The van der Waals surface area contributed by atoms with Gasteiger partial charge < -0.3 is 15.4 Å². The molecule has 2 aromatic rings. The quantitative estimate of drug-likeness (QED) is 0.696. The number of aromatic nitrogens is 3. The highest BCUT2D eigenvalue weighted by Gasteiger charge is 2.26. The van der Waals surface area contributed by atoms with Crippen molar-refractivity contribution in [3.05, 3.63) is 17.7 Å². The van der Waals surface area contributed by atoms with Crippen LogP contribution in [0.5, 0.6) is 0 Å². The first-order valence-electron chi connectivity index (χ1n) is 9.36. The van der Waals surface area contributed by atoms with Crippen LogP contribution in [0.3, 0.4) is 0 Å². The van der Waals surface area contributed by atoms with Crippen LogP contribution in [0.4, 0.5) is 15.5 Å². The Balaban J connectivity index is 1.47. The van der Waals surface area contributed by atoms with Gasteiger partial charge >= 0.3 is 0 Å². The Morgan fingerprint density at radius 3 is 2.55 bits per heavy atom. The van der Waals surface area contributed by atoms with Crippen LogP contribution in [-0.4, -0.2) is 72.3 Å². The number of ether oxygens (including phenoxy) is 1. The molecule has 9 nitrogen and oxygen atoms in total. The molecular weight excluding hydrogens is 419 g/mol. The molecule has 0 unspecified atom stereocenters. The van der Waals surface area contributed by atoms with E-state index in [1.165, 1.54) is 21.9 Å². The highest BCUT2D eigenvalue weighted by Crippen LogP contribution is 2.34. The van der Waals surface area contributed by atoms with Gasteiger partial charge in [-0.15, -0.1) is 0 Å². The molecule has 4 heterocycles. The van der Waals surface area contributed by atoms with Crippen molar-refractivity contribution in [2.75, 3.05) is 43.2 Å². The normalized spacial score (nSPS) is 19.1. The molecule has 0 atom stereocenters. The van der Waals surface area contributed by atoms with Crippen molar-refractivity contribution in [3.63, 3.8) is 0 Å². The summed E-state index contributed by atoms with van der Waals surface area (Å²) in [6, 6.07) is 0.267. The third-order valence-electron chi connectivity index (χ3n) is 4.98. The average molecular weight is 443 g/mol. The second kappa shape index (κ2) is 8.09. The smallest absolute Gasteiger partial charge is 0.223 e. The SMILES string of the molecule is Cc1nc(NC2COC2)sc1-c1nc(NC2CCN(S(C)(=O)=O)CC2)ncc1F. The predicted octanol–water partition coefficient (Wildman–Crippen LogP) is 1.69. The van der Waals surface area contributed by atoms with Crippen LogP contribution >= 0.6 is 11.3 Å². The van der Waals surface area contributed by atoms with E-state index in [2.05, 4.69) is 25.6 Å². The number of piperidine rings is 1. The summed E-state index contributed by atoms with van der Waals surface area (Å²) in [5, 5.41) is 7.20. The molecule has 2 aliphatic rings. The molecule has 0 aliphatic carbocycles. The van der Waals surface area contributed by atoms with Gasteiger partial charge in [-0.3, -0.25) is 0 Å². The van der Waals surface area contributed by atoms with Gasteiger partial charge in [-0.1, -0.05) is 11.3 Å². The number of aryl methyl sites for hydroxylation is 1. The van der Waals surface area contributed by atoms with Crippen molar-refractivity contribution in [3.8, 4) is 10.6 Å². The van der Waals surface area contributed by atoms with Gasteiger partial charge in [0.15, 0.2) is 10.9 Å². The maximum Gasteiger partial charge on any atom is 0.223 e. The van der Waals surface area contributed by atoms with Gasteiger partial charge in [0.25, 0.3) is 0 Å². The Kier molecular flexibility index (Phi) is 5.69. The van der Waals surface area contributed by atoms with Gasteiger partial charge in [0.05, 0.1) is 42.3 Å². The van der Waals surface area contributed by atoms with Gasteiger partial charge in [0, 0.05) is 19.1 Å². The number of nitrogens with zero attached hydrogens (tertiary/aromatic N) is 4. The van der Waals surface area contributed by atoms with Crippen LogP contribution in [0.1, 0.15) is 18.5 Å². The molecule has 2 aromatic heterocycles. The highest BCUT2D eigenvalue weighted by molar-refractivity contribution is 7.88. The zero-order valence-corrected chi connectivity index (χ0v) is 17.8. The first-order valence-corrected chi connectivity index (χ1v) is 12.0. The molecule has 0 radical (unpaired) electrons. The lowest BCUT2D eigenvalue weighted by Crippen LogP contribution is -2.42. The van der Waals surface area contributed by atoms with E-state index in [0.29, 0.717) is 60.8 Å². The third kappa shape index (κ3) is 4.65. The largest absolute Gasteiger partial charge is 0.377 e. The first-order chi connectivity index (χ1) is 13.8. The summed E-state index contributed by atoms with van der Waals surface area (Å²) >= 11 is 1.35. The Morgan fingerprint density at radius 2 is 1.93 bits per heavy atom. The lowest BCUT2D eigenvalue weighted by molar-refractivity contribution is 0.0211. The monoisotopic (exact) mass is 442 g/mol. The van der Waals surface area contributed by atoms with E-state index in [-0.39, 0.29) is 17.8 Å². The fourth-order valence-corrected chi connectivity index (χ4v) is 5.19. The molecular formula is C17H23FN6O3S2. The topological polar surface area (TPSA) is 109 Å². The maximum atomic E-state index is 14.5. The number of anilines is 2.